The molecule has 0 saturated carbocycles. The number of carboxylic acids is 1. The van der Waals surface area contributed by atoms with Crippen LogP contribution in [0, 0.1) is 23.4 Å². The van der Waals surface area contributed by atoms with Crippen molar-refractivity contribution in [2.75, 3.05) is 16.0 Å². The largest absolute Gasteiger partial charge is 0.478 e. The van der Waals surface area contributed by atoms with Crippen LogP contribution in [-0.2, 0) is 0 Å². The van der Waals surface area contributed by atoms with Crippen LogP contribution in [0.1, 0.15) is 44.5 Å². The lowest BCUT2D eigenvalue weighted by atomic mass is 9.92. The molecule has 0 spiro atoms. The fraction of sp³-hybridized carbons (Fsp3) is 0.259. The first-order chi connectivity index (χ1) is 16.8. The third-order valence-electron chi connectivity index (χ3n) is 5.36. The maximum atomic E-state index is 14.0. The number of urea groups is 1. The van der Waals surface area contributed by atoms with Crippen molar-refractivity contribution >= 4 is 29.1 Å². The molecule has 0 aromatic heterocycles. The average molecular weight is 500 g/mol. The Bertz CT molecular complexity index is 1290. The van der Waals surface area contributed by atoms with Crippen molar-refractivity contribution in [3.8, 4) is 11.1 Å². The van der Waals surface area contributed by atoms with Crippen molar-refractivity contribution in [1.29, 1.82) is 0 Å². The highest BCUT2D eigenvalue weighted by Crippen LogP contribution is 2.34. The molecule has 6 nitrogen and oxygen atoms in total. The number of carbonyl (C=O) groups is 2. The minimum absolute atomic E-state index is 0.110. The molecule has 0 aliphatic rings. The predicted octanol–water partition coefficient (Wildman–Crippen LogP) is 7.35. The lowest BCUT2D eigenvalue weighted by molar-refractivity contribution is 0.0697. The minimum Gasteiger partial charge on any atom is -0.478 e. The summed E-state index contributed by atoms with van der Waals surface area (Å²) in [5.41, 5.74) is 0.541. The summed E-state index contributed by atoms with van der Waals surface area (Å²) >= 11 is 0. The smallest absolute Gasteiger partial charge is 0.336 e. The zero-order valence-electron chi connectivity index (χ0n) is 20.4. The standard InChI is InChI=1S/C27H28F3N3O3/c1-15(2)14-27(3,4)33-23-9-5-16(20-12-17(28)6-8-19(20)25(34)35)11-24(23)32-26(36)31-22-10-7-18(29)13-21(22)30/h5-13,15,33H,14H2,1-4H3,(H,34,35)(H2,31,32,36). The molecule has 3 rings (SSSR count). The van der Waals surface area contributed by atoms with Crippen LogP contribution in [-0.4, -0.2) is 22.6 Å². The Morgan fingerprint density at radius 2 is 1.47 bits per heavy atom. The molecule has 0 saturated heterocycles. The van der Waals surface area contributed by atoms with Crippen molar-refractivity contribution in [3.63, 3.8) is 0 Å². The summed E-state index contributed by atoms with van der Waals surface area (Å²) in [5, 5.41) is 17.9. The third kappa shape index (κ3) is 6.78. The van der Waals surface area contributed by atoms with Gasteiger partial charge in [-0.2, -0.15) is 0 Å². The molecule has 190 valence electrons. The SMILES string of the molecule is CC(C)CC(C)(C)Nc1ccc(-c2cc(F)ccc2C(=O)O)cc1NC(=O)Nc1ccc(F)cc1F. The Balaban J connectivity index is 2.01. The van der Waals surface area contributed by atoms with Crippen LogP contribution in [0.3, 0.4) is 0 Å². The Morgan fingerprint density at radius 1 is 0.861 bits per heavy atom. The first-order valence-electron chi connectivity index (χ1n) is 11.3. The molecule has 0 heterocycles. The number of hydrogen-bond acceptors (Lipinski definition) is 3. The zero-order chi connectivity index (χ0) is 26.6. The van der Waals surface area contributed by atoms with Crippen molar-refractivity contribution in [3.05, 3.63) is 77.6 Å². The van der Waals surface area contributed by atoms with E-state index in [0.29, 0.717) is 23.2 Å². The Labute approximate surface area is 207 Å². The quantitative estimate of drug-likeness (QED) is 0.261. The maximum absolute atomic E-state index is 14.0. The zero-order valence-corrected chi connectivity index (χ0v) is 20.4. The van der Waals surface area contributed by atoms with Crippen molar-refractivity contribution in [1.82, 2.24) is 0 Å². The molecular weight excluding hydrogens is 471 g/mol. The molecule has 0 bridgehead atoms. The van der Waals surface area contributed by atoms with Gasteiger partial charge in [0.15, 0.2) is 0 Å². The summed E-state index contributed by atoms with van der Waals surface area (Å²) < 4.78 is 41.2. The molecule has 4 N–H and O–H groups in total. The summed E-state index contributed by atoms with van der Waals surface area (Å²) in [6.45, 7) is 8.14. The van der Waals surface area contributed by atoms with Crippen LogP contribution >= 0.6 is 0 Å². The first kappa shape index (κ1) is 26.6. The van der Waals surface area contributed by atoms with Gasteiger partial charge in [0.2, 0.25) is 0 Å². The Morgan fingerprint density at radius 3 is 2.11 bits per heavy atom. The Hall–Kier alpha value is -4.01. The first-order valence-corrected chi connectivity index (χ1v) is 11.3. The molecule has 0 atom stereocenters. The lowest BCUT2D eigenvalue weighted by Crippen LogP contribution is -2.33. The molecule has 0 aliphatic heterocycles. The van der Waals surface area contributed by atoms with E-state index >= 15 is 0 Å². The molecule has 0 fully saturated rings. The van der Waals surface area contributed by atoms with E-state index in [4.69, 9.17) is 0 Å². The van der Waals surface area contributed by atoms with Crippen LogP contribution < -0.4 is 16.0 Å². The van der Waals surface area contributed by atoms with E-state index in [1.54, 1.807) is 12.1 Å². The molecule has 3 aromatic carbocycles. The number of hydrogen-bond donors (Lipinski definition) is 4. The number of carboxylic acid groups (broad SMARTS) is 1. The van der Waals surface area contributed by atoms with Gasteiger partial charge in [0, 0.05) is 11.6 Å². The topological polar surface area (TPSA) is 90.5 Å². The third-order valence-corrected chi connectivity index (χ3v) is 5.36. The van der Waals surface area contributed by atoms with Gasteiger partial charge in [-0.15, -0.1) is 0 Å². The summed E-state index contributed by atoms with van der Waals surface area (Å²) in [6, 6.07) is 10.1. The van der Waals surface area contributed by atoms with Crippen LogP contribution in [0.25, 0.3) is 11.1 Å². The normalized spacial score (nSPS) is 11.3. The number of nitrogens with one attached hydrogen (secondary N) is 3. The number of halogens is 3. The fourth-order valence-corrected chi connectivity index (χ4v) is 4.17. The van der Waals surface area contributed by atoms with Gasteiger partial charge in [-0.25, -0.2) is 22.8 Å². The molecule has 0 aliphatic carbocycles. The molecule has 36 heavy (non-hydrogen) atoms. The molecule has 2 amide bonds. The number of benzene rings is 3. The van der Waals surface area contributed by atoms with Crippen LogP contribution in [0.2, 0.25) is 0 Å². The average Bonchev–Trinajstić information content (AvgIpc) is 2.75. The van der Waals surface area contributed by atoms with Crippen LogP contribution in [0.5, 0.6) is 0 Å². The second-order valence-corrected chi connectivity index (χ2v) is 9.57. The summed E-state index contributed by atoms with van der Waals surface area (Å²) in [4.78, 5) is 24.4. The number of anilines is 3. The monoisotopic (exact) mass is 499 g/mol. The summed E-state index contributed by atoms with van der Waals surface area (Å²) in [5.74, 6) is -3.20. The predicted molar refractivity (Wildman–Crippen MR) is 135 cm³/mol. The summed E-state index contributed by atoms with van der Waals surface area (Å²) in [6.07, 6.45) is 0.800. The van der Waals surface area contributed by atoms with Gasteiger partial charge >= 0.3 is 12.0 Å². The van der Waals surface area contributed by atoms with Crippen molar-refractivity contribution in [2.45, 2.75) is 39.7 Å². The number of amides is 2. The molecule has 3 aromatic rings. The minimum atomic E-state index is -1.23. The van der Waals surface area contributed by atoms with Gasteiger partial charge in [0.1, 0.15) is 17.5 Å². The summed E-state index contributed by atoms with van der Waals surface area (Å²) in [7, 11) is 0. The van der Waals surface area contributed by atoms with Gasteiger partial charge < -0.3 is 21.1 Å². The second-order valence-electron chi connectivity index (χ2n) is 9.57. The van der Waals surface area contributed by atoms with Gasteiger partial charge in [0.25, 0.3) is 0 Å². The highest BCUT2D eigenvalue weighted by atomic mass is 19.1. The van der Waals surface area contributed by atoms with Gasteiger partial charge in [-0.3, -0.25) is 0 Å². The van der Waals surface area contributed by atoms with Crippen molar-refractivity contribution in [2.24, 2.45) is 5.92 Å². The van der Waals surface area contributed by atoms with E-state index in [1.807, 2.05) is 13.8 Å². The molecular formula is C27H28F3N3O3. The lowest BCUT2D eigenvalue weighted by Gasteiger charge is -2.31. The highest BCUT2D eigenvalue weighted by molar-refractivity contribution is 6.03. The highest BCUT2D eigenvalue weighted by Gasteiger charge is 2.22. The fourth-order valence-electron chi connectivity index (χ4n) is 4.17. The van der Waals surface area contributed by atoms with Crippen LogP contribution in [0.4, 0.5) is 35.0 Å². The Kier molecular flexibility index (Phi) is 7.92. The number of aromatic carboxylic acids is 1. The molecule has 0 unspecified atom stereocenters. The second kappa shape index (κ2) is 10.7. The molecule has 9 heteroatoms. The van der Waals surface area contributed by atoms with E-state index in [-0.39, 0.29) is 28.0 Å². The number of carbonyl (C=O) groups excluding carboxylic acids is 1. The van der Waals surface area contributed by atoms with E-state index < -0.39 is 29.5 Å². The van der Waals surface area contributed by atoms with E-state index in [9.17, 15) is 27.9 Å². The van der Waals surface area contributed by atoms with Gasteiger partial charge in [-0.05, 0) is 79.8 Å². The van der Waals surface area contributed by atoms with E-state index in [2.05, 4.69) is 29.8 Å². The molecule has 0 radical (unpaired) electrons. The number of rotatable bonds is 8. The van der Waals surface area contributed by atoms with Crippen molar-refractivity contribution < 1.29 is 27.9 Å². The van der Waals surface area contributed by atoms with Gasteiger partial charge in [0.05, 0.1) is 22.6 Å². The maximum Gasteiger partial charge on any atom is 0.336 e. The van der Waals surface area contributed by atoms with Crippen LogP contribution in [0.15, 0.2) is 54.6 Å². The van der Waals surface area contributed by atoms with E-state index in [1.165, 1.54) is 12.1 Å². The van der Waals surface area contributed by atoms with E-state index in [0.717, 1.165) is 30.7 Å². The van der Waals surface area contributed by atoms with Gasteiger partial charge in [-0.1, -0.05) is 19.9 Å².